The van der Waals surface area contributed by atoms with Crippen molar-refractivity contribution in [3.05, 3.63) is 0 Å². The number of carbonyl (C=O) groups is 2. The van der Waals surface area contributed by atoms with Crippen molar-refractivity contribution in [1.82, 2.24) is 9.03 Å². The summed E-state index contributed by atoms with van der Waals surface area (Å²) in [5.41, 5.74) is 0. The standard InChI is InChI=1S/C10H18N2O7S/c1-19-5-3-11-20(17,18)12-4-2-7(9(13)14)8(6-12)10(15)16/h7-8,11H,2-6H2,1H3,(H,13,14)(H,15,16). The van der Waals surface area contributed by atoms with Gasteiger partial charge in [0.25, 0.3) is 10.2 Å². The lowest BCUT2D eigenvalue weighted by Gasteiger charge is -2.33. The highest BCUT2D eigenvalue weighted by atomic mass is 32.2. The van der Waals surface area contributed by atoms with Crippen LogP contribution in [0.1, 0.15) is 6.42 Å². The fourth-order valence-corrected chi connectivity index (χ4v) is 3.28. The number of hydrogen-bond acceptors (Lipinski definition) is 5. The maximum atomic E-state index is 11.9. The van der Waals surface area contributed by atoms with Crippen molar-refractivity contribution in [2.45, 2.75) is 6.42 Å². The average Bonchev–Trinajstić information content (AvgIpc) is 2.38. The van der Waals surface area contributed by atoms with E-state index in [0.29, 0.717) is 0 Å². The van der Waals surface area contributed by atoms with Gasteiger partial charge < -0.3 is 14.9 Å². The van der Waals surface area contributed by atoms with Crippen LogP contribution in [0.15, 0.2) is 0 Å². The van der Waals surface area contributed by atoms with Gasteiger partial charge in [0.1, 0.15) is 0 Å². The summed E-state index contributed by atoms with van der Waals surface area (Å²) in [4.78, 5) is 22.0. The minimum Gasteiger partial charge on any atom is -0.481 e. The first-order chi connectivity index (χ1) is 9.29. The number of ether oxygens (including phenoxy) is 1. The summed E-state index contributed by atoms with van der Waals surface area (Å²) in [6.07, 6.45) is -0.0303. The highest BCUT2D eigenvalue weighted by molar-refractivity contribution is 7.87. The number of carboxylic acids is 2. The molecule has 3 N–H and O–H groups in total. The molecule has 0 amide bonds. The van der Waals surface area contributed by atoms with Crippen LogP contribution in [-0.4, -0.2) is 68.2 Å². The zero-order valence-electron chi connectivity index (χ0n) is 11.0. The third-order valence-corrected chi connectivity index (χ3v) is 4.72. The van der Waals surface area contributed by atoms with Crippen molar-refractivity contribution in [3.63, 3.8) is 0 Å². The van der Waals surface area contributed by atoms with E-state index in [2.05, 4.69) is 4.72 Å². The van der Waals surface area contributed by atoms with Gasteiger partial charge in [0, 0.05) is 26.7 Å². The van der Waals surface area contributed by atoms with Gasteiger partial charge in [0.05, 0.1) is 18.4 Å². The van der Waals surface area contributed by atoms with Crippen molar-refractivity contribution in [1.29, 1.82) is 0 Å². The molecule has 1 aliphatic rings. The third kappa shape index (κ3) is 4.13. The molecule has 0 spiro atoms. The molecule has 116 valence electrons. The van der Waals surface area contributed by atoms with E-state index in [1.165, 1.54) is 7.11 Å². The Hall–Kier alpha value is -1.23. The molecule has 0 saturated carbocycles. The van der Waals surface area contributed by atoms with E-state index in [1.807, 2.05) is 0 Å². The van der Waals surface area contributed by atoms with E-state index in [0.717, 1.165) is 4.31 Å². The summed E-state index contributed by atoms with van der Waals surface area (Å²) >= 11 is 0. The molecule has 1 saturated heterocycles. The summed E-state index contributed by atoms with van der Waals surface area (Å²) in [5, 5.41) is 18.0. The van der Waals surface area contributed by atoms with Crippen LogP contribution in [0.5, 0.6) is 0 Å². The van der Waals surface area contributed by atoms with Gasteiger partial charge in [0.15, 0.2) is 0 Å². The van der Waals surface area contributed by atoms with Gasteiger partial charge >= 0.3 is 11.9 Å². The Bertz CT molecular complexity index is 464. The molecule has 0 radical (unpaired) electrons. The number of piperidine rings is 1. The van der Waals surface area contributed by atoms with Gasteiger partial charge in [-0.3, -0.25) is 9.59 Å². The maximum absolute atomic E-state index is 11.9. The Kier molecular flexibility index (Phi) is 5.87. The van der Waals surface area contributed by atoms with Gasteiger partial charge in [0.2, 0.25) is 0 Å². The van der Waals surface area contributed by atoms with Crippen LogP contribution >= 0.6 is 0 Å². The molecule has 1 heterocycles. The van der Waals surface area contributed by atoms with Crippen molar-refractivity contribution in [3.8, 4) is 0 Å². The minimum atomic E-state index is -3.82. The van der Waals surface area contributed by atoms with E-state index < -0.39 is 34.0 Å². The van der Waals surface area contributed by atoms with E-state index in [-0.39, 0.29) is 32.7 Å². The fraction of sp³-hybridized carbons (Fsp3) is 0.800. The van der Waals surface area contributed by atoms with Crippen LogP contribution in [0.2, 0.25) is 0 Å². The summed E-state index contributed by atoms with van der Waals surface area (Å²) in [7, 11) is -2.40. The van der Waals surface area contributed by atoms with Crippen molar-refractivity contribution in [2.75, 3.05) is 33.4 Å². The molecule has 0 aromatic carbocycles. The molecule has 1 fully saturated rings. The lowest BCUT2D eigenvalue weighted by atomic mass is 9.86. The number of carboxylic acid groups (broad SMARTS) is 2. The molecule has 20 heavy (non-hydrogen) atoms. The predicted molar refractivity (Wildman–Crippen MR) is 67.2 cm³/mol. The molecule has 2 atom stereocenters. The van der Waals surface area contributed by atoms with Gasteiger partial charge in [-0.1, -0.05) is 0 Å². The Morgan fingerprint density at radius 1 is 1.30 bits per heavy atom. The third-order valence-electron chi connectivity index (χ3n) is 3.14. The smallest absolute Gasteiger partial charge is 0.308 e. The Labute approximate surface area is 116 Å². The van der Waals surface area contributed by atoms with Crippen LogP contribution < -0.4 is 4.72 Å². The second kappa shape index (κ2) is 6.97. The second-order valence-corrected chi connectivity index (χ2v) is 6.18. The highest BCUT2D eigenvalue weighted by Gasteiger charge is 2.41. The molecule has 0 bridgehead atoms. The molecule has 1 rings (SSSR count). The van der Waals surface area contributed by atoms with Crippen LogP contribution in [0.3, 0.4) is 0 Å². The maximum Gasteiger partial charge on any atom is 0.308 e. The van der Waals surface area contributed by atoms with Crippen molar-refractivity contribution < 1.29 is 33.0 Å². The zero-order chi connectivity index (χ0) is 15.3. The van der Waals surface area contributed by atoms with Gasteiger partial charge in [-0.15, -0.1) is 0 Å². The summed E-state index contributed by atoms with van der Waals surface area (Å²) < 4.78 is 31.8. The van der Waals surface area contributed by atoms with Crippen LogP contribution in [0.4, 0.5) is 0 Å². The van der Waals surface area contributed by atoms with Crippen LogP contribution in [-0.2, 0) is 24.5 Å². The summed E-state index contributed by atoms with van der Waals surface area (Å²) in [6.45, 7) is -0.125. The fourth-order valence-electron chi connectivity index (χ4n) is 2.05. The molecule has 2 unspecified atom stereocenters. The lowest BCUT2D eigenvalue weighted by molar-refractivity contribution is -0.156. The molecule has 0 aromatic rings. The largest absolute Gasteiger partial charge is 0.481 e. The molecule has 10 heteroatoms. The van der Waals surface area contributed by atoms with Crippen LogP contribution in [0, 0.1) is 11.8 Å². The minimum absolute atomic E-state index is 0.0247. The lowest BCUT2D eigenvalue weighted by Crippen LogP contribution is -2.52. The molecular weight excluding hydrogens is 292 g/mol. The normalized spacial score (nSPS) is 24.4. The summed E-state index contributed by atoms with van der Waals surface area (Å²) in [6, 6.07) is 0. The predicted octanol–water partition coefficient (Wildman–Crippen LogP) is -1.43. The molecule has 0 aliphatic carbocycles. The number of hydrogen-bond donors (Lipinski definition) is 3. The molecule has 9 nitrogen and oxygen atoms in total. The van der Waals surface area contributed by atoms with E-state index in [1.54, 1.807) is 0 Å². The van der Waals surface area contributed by atoms with Gasteiger partial charge in [-0.05, 0) is 6.42 Å². The van der Waals surface area contributed by atoms with E-state index >= 15 is 0 Å². The van der Waals surface area contributed by atoms with E-state index in [4.69, 9.17) is 14.9 Å². The first kappa shape index (κ1) is 16.8. The van der Waals surface area contributed by atoms with Crippen molar-refractivity contribution in [2.24, 2.45) is 11.8 Å². The molecule has 1 aliphatic heterocycles. The topological polar surface area (TPSA) is 133 Å². The Balaban J connectivity index is 2.75. The number of methoxy groups -OCH3 is 1. The van der Waals surface area contributed by atoms with Gasteiger partial charge in [-0.2, -0.15) is 17.4 Å². The average molecular weight is 310 g/mol. The Morgan fingerprint density at radius 3 is 2.40 bits per heavy atom. The number of nitrogens with zero attached hydrogens (tertiary/aromatic N) is 1. The number of nitrogens with one attached hydrogen (secondary N) is 1. The zero-order valence-corrected chi connectivity index (χ0v) is 11.8. The molecule has 0 aromatic heterocycles. The first-order valence-corrected chi connectivity index (χ1v) is 7.43. The van der Waals surface area contributed by atoms with Gasteiger partial charge in [-0.25, -0.2) is 0 Å². The molecular formula is C10H18N2O7S. The monoisotopic (exact) mass is 310 g/mol. The highest BCUT2D eigenvalue weighted by Crippen LogP contribution is 2.25. The van der Waals surface area contributed by atoms with Crippen LogP contribution in [0.25, 0.3) is 0 Å². The number of aliphatic carboxylic acids is 2. The van der Waals surface area contributed by atoms with E-state index in [9.17, 15) is 18.0 Å². The SMILES string of the molecule is COCCNS(=O)(=O)N1CCC(C(=O)O)C(C(=O)O)C1. The quantitative estimate of drug-likeness (QED) is 0.491. The first-order valence-electron chi connectivity index (χ1n) is 5.99. The second-order valence-electron chi connectivity index (χ2n) is 4.43. The Morgan fingerprint density at radius 2 is 1.90 bits per heavy atom. The van der Waals surface area contributed by atoms with Crippen molar-refractivity contribution >= 4 is 22.1 Å². The summed E-state index contributed by atoms with van der Waals surface area (Å²) in [5.74, 6) is -4.85. The number of rotatable bonds is 7.